The van der Waals surface area contributed by atoms with E-state index >= 15 is 0 Å². The van der Waals surface area contributed by atoms with Crippen LogP contribution in [0, 0.1) is 24.7 Å². The Bertz CT molecular complexity index is 943. The average Bonchev–Trinajstić information content (AvgIpc) is 2.84. The van der Waals surface area contributed by atoms with Gasteiger partial charge >= 0.3 is 0 Å². The second-order valence-corrected chi connectivity index (χ2v) is 10.5. The van der Waals surface area contributed by atoms with Crippen molar-refractivity contribution < 1.29 is 19.0 Å². The maximum absolute atomic E-state index is 13.6. The van der Waals surface area contributed by atoms with Crippen molar-refractivity contribution in [3.8, 4) is 0 Å². The van der Waals surface area contributed by atoms with Crippen LogP contribution in [0.25, 0.3) is 0 Å². The van der Waals surface area contributed by atoms with E-state index in [-0.39, 0.29) is 18.5 Å². The Balaban J connectivity index is 1.87. The first-order chi connectivity index (χ1) is 16.9. The molecule has 1 aromatic heterocycles. The first-order valence-electron chi connectivity index (χ1n) is 13.0. The van der Waals surface area contributed by atoms with Crippen LogP contribution in [0.2, 0.25) is 0 Å². The monoisotopic (exact) mass is 481 g/mol. The molecule has 5 nitrogen and oxygen atoms in total. The number of carbonyl (C=O) groups excluding carboxylic acids is 1. The Morgan fingerprint density at radius 3 is 2.54 bits per heavy atom. The number of aromatic nitrogens is 1. The van der Waals surface area contributed by atoms with Crippen LogP contribution in [-0.2, 0) is 38.3 Å². The third-order valence-corrected chi connectivity index (χ3v) is 7.34. The Morgan fingerprint density at radius 2 is 1.86 bits per heavy atom. The largest absolute Gasteiger partial charge is 0.385 e. The summed E-state index contributed by atoms with van der Waals surface area (Å²) in [4.78, 5) is 18.3. The number of methoxy groups -OCH3 is 2. The number of carbonyl (C=O) groups is 1. The van der Waals surface area contributed by atoms with E-state index in [0.717, 1.165) is 37.8 Å². The SMILES string of the molecule is COCCC1CCC(=O)[C@](Cc2cc(CCc3cccc(C)c3)ccn2)(OCOC)[C@@H]1CC(C)C. The number of aryl methyl sites for hydroxylation is 3. The van der Waals surface area contributed by atoms with Crippen molar-refractivity contribution in [3.63, 3.8) is 0 Å². The Morgan fingerprint density at radius 1 is 1.09 bits per heavy atom. The zero-order valence-corrected chi connectivity index (χ0v) is 22.2. The molecule has 2 aromatic rings. The topological polar surface area (TPSA) is 57.7 Å². The molecule has 0 bridgehead atoms. The van der Waals surface area contributed by atoms with E-state index in [2.05, 4.69) is 57.2 Å². The van der Waals surface area contributed by atoms with E-state index < -0.39 is 5.60 Å². The highest BCUT2D eigenvalue weighted by atomic mass is 16.7. The predicted octanol–water partition coefficient (Wildman–Crippen LogP) is 5.75. The summed E-state index contributed by atoms with van der Waals surface area (Å²) < 4.78 is 17.1. The number of pyridine rings is 1. The van der Waals surface area contributed by atoms with Gasteiger partial charge in [-0.1, -0.05) is 43.7 Å². The molecule has 35 heavy (non-hydrogen) atoms. The standard InChI is InChI=1S/C30H43NO4/c1-22(2)17-28-26(14-16-33-4)11-12-29(32)30(28,35-21-34-5)20-27-19-25(13-15-31-27)10-9-24-8-6-7-23(3)18-24/h6-8,13,15,18-19,22,26,28H,9-12,14,16-17,20-21H2,1-5H3/t26?,28-,30-/m1/s1. The summed E-state index contributed by atoms with van der Waals surface area (Å²) in [7, 11) is 3.36. The third kappa shape index (κ3) is 7.45. The molecule has 0 saturated heterocycles. The van der Waals surface area contributed by atoms with Crippen molar-refractivity contribution in [3.05, 3.63) is 65.0 Å². The van der Waals surface area contributed by atoms with Gasteiger partial charge in [-0.2, -0.15) is 0 Å². The molecule has 1 aliphatic rings. The highest BCUT2D eigenvalue weighted by Crippen LogP contribution is 2.45. The van der Waals surface area contributed by atoms with Gasteiger partial charge in [-0.05, 0) is 80.0 Å². The lowest BCUT2D eigenvalue weighted by Gasteiger charge is -2.47. The normalized spacial score (nSPS) is 22.6. The van der Waals surface area contributed by atoms with Crippen molar-refractivity contribution in [1.29, 1.82) is 0 Å². The van der Waals surface area contributed by atoms with Crippen LogP contribution in [-0.4, -0.2) is 44.0 Å². The second kappa shape index (κ2) is 13.3. The van der Waals surface area contributed by atoms with Gasteiger partial charge in [0.05, 0.1) is 0 Å². The van der Waals surface area contributed by atoms with Crippen molar-refractivity contribution in [2.24, 2.45) is 17.8 Å². The smallest absolute Gasteiger partial charge is 0.165 e. The number of hydrogen-bond acceptors (Lipinski definition) is 5. The van der Waals surface area contributed by atoms with E-state index in [1.54, 1.807) is 14.2 Å². The molecule has 1 unspecified atom stereocenters. The lowest BCUT2D eigenvalue weighted by Crippen LogP contribution is -2.56. The van der Waals surface area contributed by atoms with Crippen molar-refractivity contribution in [2.75, 3.05) is 27.6 Å². The molecule has 1 aromatic carbocycles. The van der Waals surface area contributed by atoms with E-state index in [0.29, 0.717) is 31.3 Å². The molecule has 1 fully saturated rings. The summed E-state index contributed by atoms with van der Waals surface area (Å²) >= 11 is 0. The number of benzene rings is 1. The van der Waals surface area contributed by atoms with E-state index in [4.69, 9.17) is 19.2 Å². The Hall–Kier alpha value is -2.08. The quantitative estimate of drug-likeness (QED) is 0.341. The highest BCUT2D eigenvalue weighted by molar-refractivity contribution is 5.89. The second-order valence-electron chi connectivity index (χ2n) is 10.5. The molecule has 1 heterocycles. The Kier molecular flexibility index (Phi) is 10.4. The zero-order chi connectivity index (χ0) is 25.3. The zero-order valence-electron chi connectivity index (χ0n) is 22.2. The predicted molar refractivity (Wildman–Crippen MR) is 139 cm³/mol. The first-order valence-corrected chi connectivity index (χ1v) is 13.0. The minimum atomic E-state index is -0.918. The summed E-state index contributed by atoms with van der Waals surface area (Å²) in [5.74, 6) is 1.11. The van der Waals surface area contributed by atoms with Crippen molar-refractivity contribution >= 4 is 5.78 Å². The molecule has 3 rings (SSSR count). The van der Waals surface area contributed by atoms with Crippen molar-refractivity contribution in [2.45, 2.75) is 71.3 Å². The number of nitrogens with zero attached hydrogens (tertiary/aromatic N) is 1. The molecule has 0 radical (unpaired) electrons. The molecular formula is C30H43NO4. The van der Waals surface area contributed by atoms with Crippen LogP contribution in [0.1, 0.15) is 61.9 Å². The van der Waals surface area contributed by atoms with Crippen LogP contribution in [0.15, 0.2) is 42.6 Å². The van der Waals surface area contributed by atoms with Crippen LogP contribution in [0.5, 0.6) is 0 Å². The van der Waals surface area contributed by atoms with Gasteiger partial charge in [0.15, 0.2) is 5.78 Å². The Labute approximate surface area is 211 Å². The number of rotatable bonds is 13. The van der Waals surface area contributed by atoms with Gasteiger partial charge in [-0.3, -0.25) is 9.78 Å². The molecule has 0 spiro atoms. The maximum Gasteiger partial charge on any atom is 0.165 e. The fourth-order valence-electron chi connectivity index (χ4n) is 5.66. The van der Waals surface area contributed by atoms with E-state index in [9.17, 15) is 4.79 Å². The van der Waals surface area contributed by atoms with Crippen LogP contribution in [0.4, 0.5) is 0 Å². The summed E-state index contributed by atoms with van der Waals surface area (Å²) in [5, 5.41) is 0. The molecule has 3 atom stereocenters. The summed E-state index contributed by atoms with van der Waals surface area (Å²) in [6.45, 7) is 7.36. The van der Waals surface area contributed by atoms with Gasteiger partial charge in [0, 0.05) is 45.6 Å². The lowest BCUT2D eigenvalue weighted by atomic mass is 9.63. The molecule has 0 amide bonds. The summed E-state index contributed by atoms with van der Waals surface area (Å²) in [5.41, 5.74) is 3.85. The van der Waals surface area contributed by atoms with Gasteiger partial charge in [0.1, 0.15) is 12.4 Å². The van der Waals surface area contributed by atoms with E-state index in [1.807, 2.05) is 6.20 Å². The van der Waals surface area contributed by atoms with Crippen LogP contribution >= 0.6 is 0 Å². The average molecular weight is 482 g/mol. The van der Waals surface area contributed by atoms with Gasteiger partial charge in [-0.15, -0.1) is 0 Å². The molecule has 1 aliphatic carbocycles. The molecule has 192 valence electrons. The molecule has 5 heteroatoms. The molecule has 0 N–H and O–H groups in total. The van der Waals surface area contributed by atoms with E-state index in [1.165, 1.54) is 16.7 Å². The third-order valence-electron chi connectivity index (χ3n) is 7.34. The molecular weight excluding hydrogens is 438 g/mol. The van der Waals surface area contributed by atoms with Gasteiger partial charge in [0.25, 0.3) is 0 Å². The fourth-order valence-corrected chi connectivity index (χ4v) is 5.66. The number of hydrogen-bond donors (Lipinski definition) is 0. The summed E-state index contributed by atoms with van der Waals surface area (Å²) in [6.07, 6.45) is 7.54. The minimum absolute atomic E-state index is 0.102. The van der Waals surface area contributed by atoms with Gasteiger partial charge in [-0.25, -0.2) is 0 Å². The van der Waals surface area contributed by atoms with Gasteiger partial charge in [0.2, 0.25) is 0 Å². The molecule has 1 saturated carbocycles. The maximum atomic E-state index is 13.6. The molecule has 0 aliphatic heterocycles. The first kappa shape index (κ1) is 27.5. The number of ether oxygens (including phenoxy) is 3. The minimum Gasteiger partial charge on any atom is -0.385 e. The summed E-state index contributed by atoms with van der Waals surface area (Å²) in [6, 6.07) is 12.9. The van der Waals surface area contributed by atoms with Crippen LogP contribution in [0.3, 0.4) is 0 Å². The van der Waals surface area contributed by atoms with Gasteiger partial charge < -0.3 is 14.2 Å². The highest BCUT2D eigenvalue weighted by Gasteiger charge is 2.52. The lowest BCUT2D eigenvalue weighted by molar-refractivity contribution is -0.191. The van der Waals surface area contributed by atoms with Crippen molar-refractivity contribution in [1.82, 2.24) is 4.98 Å². The van der Waals surface area contributed by atoms with Crippen LogP contribution < -0.4 is 0 Å². The number of Topliss-reactive ketones (excluding diaryl/α,β-unsaturated/α-hetero) is 1. The fraction of sp³-hybridized carbons (Fsp3) is 0.600. The number of ketones is 1.